The molecule has 0 saturated carbocycles. The molecule has 0 unspecified atom stereocenters. The topological polar surface area (TPSA) is 64.6 Å². The van der Waals surface area contributed by atoms with Gasteiger partial charge in [-0.05, 0) is 30.5 Å². The van der Waals surface area contributed by atoms with Gasteiger partial charge in [0.25, 0.3) is 5.91 Å². The molecule has 0 spiro atoms. The van der Waals surface area contributed by atoms with E-state index in [1.165, 1.54) is 0 Å². The number of amides is 1. The maximum Gasteiger partial charge on any atom is 0.306 e. The molecular weight excluding hydrogens is 318 g/mol. The molecule has 1 N–H and O–H groups in total. The lowest BCUT2D eigenvalue weighted by Crippen LogP contribution is -2.21. The molecule has 0 fully saturated rings. The number of hydrogen-bond acceptors (Lipinski definition) is 4. The third-order valence-electron chi connectivity index (χ3n) is 3.67. The van der Waals surface area contributed by atoms with Crippen molar-refractivity contribution < 1.29 is 19.1 Å². The number of anilines is 1. The first-order chi connectivity index (χ1) is 12.1. The minimum atomic E-state index is -0.399. The van der Waals surface area contributed by atoms with E-state index in [-0.39, 0.29) is 18.9 Å². The summed E-state index contributed by atoms with van der Waals surface area (Å²) in [5.74, 6) is -0.171. The molecule has 0 aromatic heterocycles. The van der Waals surface area contributed by atoms with Crippen LogP contribution in [0.5, 0.6) is 5.75 Å². The normalized spacial score (nSPS) is 11.4. The third-order valence-corrected chi connectivity index (χ3v) is 3.67. The molecule has 0 aliphatic carbocycles. The molecule has 2 rings (SSSR count). The van der Waals surface area contributed by atoms with E-state index >= 15 is 0 Å². The summed E-state index contributed by atoms with van der Waals surface area (Å²) in [5.41, 5.74) is 1.62. The number of para-hydroxylation sites is 2. The predicted octanol–water partition coefficient (Wildman–Crippen LogP) is 3.76. The number of ether oxygens (including phenoxy) is 2. The minimum Gasteiger partial charge on any atom is -0.492 e. The first-order valence-corrected chi connectivity index (χ1v) is 8.32. The molecule has 1 amide bonds. The second-order valence-corrected chi connectivity index (χ2v) is 5.65. The van der Waals surface area contributed by atoms with E-state index in [2.05, 4.69) is 5.32 Å². The molecule has 5 nitrogen and oxygen atoms in total. The van der Waals surface area contributed by atoms with Crippen LogP contribution in [0.15, 0.2) is 54.6 Å². The second-order valence-electron chi connectivity index (χ2n) is 5.65. The lowest BCUT2D eigenvalue weighted by atomic mass is 9.98. The van der Waals surface area contributed by atoms with Crippen molar-refractivity contribution in [1.82, 2.24) is 0 Å². The average molecular weight is 341 g/mol. The Morgan fingerprint density at radius 3 is 2.44 bits per heavy atom. The van der Waals surface area contributed by atoms with Crippen LogP contribution in [-0.4, -0.2) is 25.1 Å². The Balaban J connectivity index is 1.81. The van der Waals surface area contributed by atoms with Gasteiger partial charge in [0, 0.05) is 0 Å². The molecule has 1 atom stereocenters. The smallest absolute Gasteiger partial charge is 0.306 e. The summed E-state index contributed by atoms with van der Waals surface area (Å²) in [6.07, 6.45) is 0.229. The standard InChI is InChI=1S/C20H23NO4/c1-3-24-18-12-8-7-11-17(18)21-19(22)14-25-20(23)13-15(2)16-9-5-4-6-10-16/h4-12,15H,3,13-14H2,1-2H3,(H,21,22)/t15-/m0/s1. The van der Waals surface area contributed by atoms with E-state index in [0.717, 1.165) is 5.56 Å². The summed E-state index contributed by atoms with van der Waals surface area (Å²) in [6, 6.07) is 16.9. The highest BCUT2D eigenvalue weighted by atomic mass is 16.5. The lowest BCUT2D eigenvalue weighted by Gasteiger charge is -2.13. The van der Waals surface area contributed by atoms with Crippen molar-refractivity contribution in [1.29, 1.82) is 0 Å². The molecule has 0 heterocycles. The largest absolute Gasteiger partial charge is 0.492 e. The predicted molar refractivity (Wildman–Crippen MR) is 96.7 cm³/mol. The molecule has 2 aromatic carbocycles. The van der Waals surface area contributed by atoms with E-state index in [1.54, 1.807) is 18.2 Å². The van der Waals surface area contributed by atoms with Gasteiger partial charge in [0.15, 0.2) is 6.61 Å². The van der Waals surface area contributed by atoms with Crippen molar-refractivity contribution in [2.75, 3.05) is 18.5 Å². The van der Waals surface area contributed by atoms with Gasteiger partial charge in [-0.25, -0.2) is 0 Å². The van der Waals surface area contributed by atoms with Crippen LogP contribution in [-0.2, 0) is 14.3 Å². The zero-order chi connectivity index (χ0) is 18.1. The van der Waals surface area contributed by atoms with Crippen molar-refractivity contribution in [2.24, 2.45) is 0 Å². The monoisotopic (exact) mass is 341 g/mol. The number of rotatable bonds is 8. The summed E-state index contributed by atoms with van der Waals surface area (Å²) in [7, 11) is 0. The number of carbonyl (C=O) groups excluding carboxylic acids is 2. The van der Waals surface area contributed by atoms with Crippen molar-refractivity contribution in [3.63, 3.8) is 0 Å². The Morgan fingerprint density at radius 2 is 1.72 bits per heavy atom. The number of esters is 1. The number of nitrogens with one attached hydrogen (secondary N) is 1. The first kappa shape index (κ1) is 18.5. The van der Waals surface area contributed by atoms with Crippen molar-refractivity contribution in [3.05, 3.63) is 60.2 Å². The Hall–Kier alpha value is -2.82. The molecule has 0 aliphatic rings. The minimum absolute atomic E-state index is 0.0374. The van der Waals surface area contributed by atoms with E-state index in [1.807, 2.05) is 50.2 Å². The molecule has 5 heteroatoms. The summed E-state index contributed by atoms with van der Waals surface area (Å²) < 4.78 is 10.5. The quantitative estimate of drug-likeness (QED) is 0.743. The fourth-order valence-electron chi connectivity index (χ4n) is 2.39. The zero-order valence-corrected chi connectivity index (χ0v) is 14.5. The maximum absolute atomic E-state index is 12.0. The summed E-state index contributed by atoms with van der Waals surface area (Å²) in [4.78, 5) is 23.9. The van der Waals surface area contributed by atoms with Gasteiger partial charge in [0.05, 0.1) is 18.7 Å². The van der Waals surface area contributed by atoms with Gasteiger partial charge in [-0.2, -0.15) is 0 Å². The van der Waals surface area contributed by atoms with Gasteiger partial charge in [0.1, 0.15) is 5.75 Å². The molecule has 132 valence electrons. The molecule has 0 bridgehead atoms. The molecular formula is C20H23NO4. The molecule has 2 aromatic rings. The van der Waals surface area contributed by atoms with Crippen LogP contribution in [0.3, 0.4) is 0 Å². The van der Waals surface area contributed by atoms with Crippen LogP contribution in [0.25, 0.3) is 0 Å². The highest BCUT2D eigenvalue weighted by molar-refractivity contribution is 5.94. The van der Waals surface area contributed by atoms with Gasteiger partial charge in [0.2, 0.25) is 0 Å². The number of benzene rings is 2. The van der Waals surface area contributed by atoms with Crippen LogP contribution in [0.1, 0.15) is 31.7 Å². The lowest BCUT2D eigenvalue weighted by molar-refractivity contribution is -0.147. The molecule has 25 heavy (non-hydrogen) atoms. The van der Waals surface area contributed by atoms with E-state index in [0.29, 0.717) is 18.0 Å². The Kier molecular flexibility index (Phi) is 7.01. The van der Waals surface area contributed by atoms with Gasteiger partial charge >= 0.3 is 5.97 Å². The SMILES string of the molecule is CCOc1ccccc1NC(=O)COC(=O)C[C@H](C)c1ccccc1. The van der Waals surface area contributed by atoms with Crippen LogP contribution in [0.4, 0.5) is 5.69 Å². The first-order valence-electron chi connectivity index (χ1n) is 8.32. The summed E-state index contributed by atoms with van der Waals surface area (Å²) in [6.45, 7) is 4.00. The Labute approximate surface area is 148 Å². The van der Waals surface area contributed by atoms with Crippen LogP contribution >= 0.6 is 0 Å². The van der Waals surface area contributed by atoms with Gasteiger partial charge in [-0.15, -0.1) is 0 Å². The van der Waals surface area contributed by atoms with Gasteiger partial charge < -0.3 is 14.8 Å². The highest BCUT2D eigenvalue weighted by Gasteiger charge is 2.14. The fourth-order valence-corrected chi connectivity index (χ4v) is 2.39. The summed E-state index contributed by atoms with van der Waals surface area (Å²) >= 11 is 0. The van der Waals surface area contributed by atoms with Gasteiger partial charge in [-0.3, -0.25) is 9.59 Å². The molecule has 0 radical (unpaired) electrons. The number of carbonyl (C=O) groups is 2. The van der Waals surface area contributed by atoms with Crippen molar-refractivity contribution in [3.8, 4) is 5.75 Å². The van der Waals surface area contributed by atoms with E-state index in [9.17, 15) is 9.59 Å². The Morgan fingerprint density at radius 1 is 1.04 bits per heavy atom. The molecule has 0 aliphatic heterocycles. The fraction of sp³-hybridized carbons (Fsp3) is 0.300. The van der Waals surface area contributed by atoms with Gasteiger partial charge in [-0.1, -0.05) is 49.4 Å². The average Bonchev–Trinajstić information content (AvgIpc) is 2.62. The Bertz CT molecular complexity index is 700. The third kappa shape index (κ3) is 5.95. The van der Waals surface area contributed by atoms with Crippen LogP contribution < -0.4 is 10.1 Å². The van der Waals surface area contributed by atoms with Crippen molar-refractivity contribution in [2.45, 2.75) is 26.2 Å². The maximum atomic E-state index is 12.0. The van der Waals surface area contributed by atoms with Crippen LogP contribution in [0, 0.1) is 0 Å². The van der Waals surface area contributed by atoms with E-state index < -0.39 is 11.9 Å². The van der Waals surface area contributed by atoms with E-state index in [4.69, 9.17) is 9.47 Å². The van der Waals surface area contributed by atoms with Crippen molar-refractivity contribution >= 4 is 17.6 Å². The highest BCUT2D eigenvalue weighted by Crippen LogP contribution is 2.23. The summed E-state index contributed by atoms with van der Waals surface area (Å²) in [5, 5.41) is 2.69. The zero-order valence-electron chi connectivity index (χ0n) is 14.5. The van der Waals surface area contributed by atoms with Crippen LogP contribution in [0.2, 0.25) is 0 Å². The number of hydrogen-bond donors (Lipinski definition) is 1. The second kappa shape index (κ2) is 9.47. The molecule has 0 saturated heterocycles.